The second kappa shape index (κ2) is 2.77. The van der Waals surface area contributed by atoms with E-state index < -0.39 is 19.4 Å². The number of hydrogen-bond acceptors (Lipinski definition) is 4. The highest BCUT2D eigenvalue weighted by molar-refractivity contribution is 7.54. The van der Waals surface area contributed by atoms with Crippen molar-refractivity contribution in [3.8, 4) is 0 Å². The molecule has 0 spiro atoms. The zero-order valence-corrected chi connectivity index (χ0v) is 6.49. The fraction of sp³-hybridized carbons (Fsp3) is 0.400. The van der Waals surface area contributed by atoms with Gasteiger partial charge in [0.1, 0.15) is 6.61 Å². The number of esters is 1. The quantitative estimate of drug-likeness (QED) is 0.373. The molecule has 0 aliphatic carbocycles. The molecule has 1 aliphatic rings. The van der Waals surface area contributed by atoms with E-state index in [9.17, 15) is 9.36 Å². The van der Waals surface area contributed by atoms with Gasteiger partial charge in [-0.2, -0.15) is 0 Å². The molecule has 1 rings (SSSR count). The van der Waals surface area contributed by atoms with E-state index in [1.807, 2.05) is 0 Å². The number of ether oxygens (including phenoxy) is 1. The Labute approximate surface area is 63.1 Å². The molecule has 0 saturated carbocycles. The predicted octanol–water partition coefficient (Wildman–Crippen LogP) is 0.257. The zero-order chi connectivity index (χ0) is 8.48. The van der Waals surface area contributed by atoms with Crippen LogP contribution in [0.25, 0.3) is 0 Å². The van der Waals surface area contributed by atoms with Crippen LogP contribution in [0.4, 0.5) is 0 Å². The smallest absolute Gasteiger partial charge is 0.370 e. The summed E-state index contributed by atoms with van der Waals surface area (Å²) >= 11 is 0. The molecule has 2 atom stereocenters. The van der Waals surface area contributed by atoms with Gasteiger partial charge in [-0.15, -0.1) is 0 Å². The number of carbonyl (C=O) groups is 1. The van der Waals surface area contributed by atoms with Crippen LogP contribution < -0.4 is 0 Å². The summed E-state index contributed by atoms with van der Waals surface area (Å²) in [5.41, 5.74) is 0. The average molecular weight is 178 g/mol. The minimum atomic E-state index is -3.63. The molecule has 2 unspecified atom stereocenters. The minimum absolute atomic E-state index is 0.0205. The van der Waals surface area contributed by atoms with Crippen molar-refractivity contribution in [2.75, 3.05) is 6.61 Å². The number of hydrogen-bond donors (Lipinski definition) is 1. The molecule has 5 nitrogen and oxygen atoms in total. The molecule has 0 aromatic rings. The van der Waals surface area contributed by atoms with Crippen LogP contribution in [0.2, 0.25) is 0 Å². The summed E-state index contributed by atoms with van der Waals surface area (Å²) in [5.74, 6) is -1.72. The lowest BCUT2D eigenvalue weighted by Crippen LogP contribution is -2.31. The van der Waals surface area contributed by atoms with Crippen LogP contribution >= 0.6 is 7.60 Å². The molecular formula is C5H7O5P. The average Bonchev–Trinajstić information content (AvgIpc) is 1.98. The Morgan fingerprint density at radius 3 is 2.82 bits per heavy atom. The topological polar surface area (TPSA) is 72.8 Å². The minimum Gasteiger partial charge on any atom is -0.444 e. The molecule has 0 amide bonds. The summed E-state index contributed by atoms with van der Waals surface area (Å²) in [6.07, 6.45) is 0.929. The van der Waals surface area contributed by atoms with Gasteiger partial charge in [-0.1, -0.05) is 6.58 Å². The van der Waals surface area contributed by atoms with Gasteiger partial charge in [0, 0.05) is 6.08 Å². The molecule has 62 valence electrons. The molecule has 1 fully saturated rings. The molecule has 0 bridgehead atoms. The van der Waals surface area contributed by atoms with Crippen molar-refractivity contribution in [2.24, 2.45) is 0 Å². The van der Waals surface area contributed by atoms with Crippen LogP contribution in [0.1, 0.15) is 0 Å². The third kappa shape index (κ3) is 1.68. The molecule has 1 saturated heterocycles. The molecule has 1 N–H and O–H groups in total. The normalized spacial score (nSPS) is 35.5. The number of rotatable bonds is 2. The predicted molar refractivity (Wildman–Crippen MR) is 35.9 cm³/mol. The Balaban J connectivity index is 2.46. The first-order valence-electron chi connectivity index (χ1n) is 2.86. The van der Waals surface area contributed by atoms with Crippen LogP contribution in [0.15, 0.2) is 12.7 Å². The summed E-state index contributed by atoms with van der Waals surface area (Å²) < 4.78 is 19.4. The second-order valence-electron chi connectivity index (χ2n) is 1.96. The molecular weight excluding hydrogens is 171 g/mol. The van der Waals surface area contributed by atoms with Crippen molar-refractivity contribution in [1.29, 1.82) is 0 Å². The van der Waals surface area contributed by atoms with E-state index in [0.717, 1.165) is 6.08 Å². The van der Waals surface area contributed by atoms with Gasteiger partial charge in [0.25, 0.3) is 0 Å². The lowest BCUT2D eigenvalue weighted by atomic mass is 10.6. The van der Waals surface area contributed by atoms with E-state index in [2.05, 4.69) is 15.8 Å². The lowest BCUT2D eigenvalue weighted by Gasteiger charge is -2.30. The van der Waals surface area contributed by atoms with E-state index in [-0.39, 0.29) is 6.61 Å². The Kier molecular flexibility index (Phi) is 2.13. The maximum atomic E-state index is 10.7. The summed E-state index contributed by atoms with van der Waals surface area (Å²) in [4.78, 5) is 19.2. The van der Waals surface area contributed by atoms with E-state index in [0.29, 0.717) is 0 Å². The molecule has 11 heavy (non-hydrogen) atoms. The van der Waals surface area contributed by atoms with Gasteiger partial charge < -0.3 is 14.2 Å². The third-order valence-electron chi connectivity index (χ3n) is 1.18. The number of carbonyl (C=O) groups excluding carboxylic acids is 1. The lowest BCUT2D eigenvalue weighted by molar-refractivity contribution is -0.144. The first-order chi connectivity index (χ1) is 5.06. The van der Waals surface area contributed by atoms with Crippen molar-refractivity contribution < 1.29 is 23.5 Å². The molecule has 6 heteroatoms. The van der Waals surface area contributed by atoms with Crippen molar-refractivity contribution in [3.63, 3.8) is 0 Å². The first kappa shape index (κ1) is 8.46. The maximum Gasteiger partial charge on any atom is 0.370 e. The van der Waals surface area contributed by atoms with Crippen LogP contribution in [0.3, 0.4) is 0 Å². The summed E-state index contributed by atoms with van der Waals surface area (Å²) in [5, 5.41) is 0. The third-order valence-corrected chi connectivity index (χ3v) is 2.69. The van der Waals surface area contributed by atoms with E-state index in [4.69, 9.17) is 4.89 Å². The highest BCUT2D eigenvalue weighted by atomic mass is 31.2. The maximum absolute atomic E-state index is 10.7. The van der Waals surface area contributed by atoms with Gasteiger partial charge >= 0.3 is 13.6 Å². The molecule has 0 aromatic heterocycles. The van der Waals surface area contributed by atoms with Gasteiger partial charge in [-0.3, -0.25) is 4.57 Å². The van der Waals surface area contributed by atoms with Crippen LogP contribution in [-0.2, 0) is 18.6 Å². The fourth-order valence-corrected chi connectivity index (χ4v) is 1.31. The summed E-state index contributed by atoms with van der Waals surface area (Å²) in [7, 11) is -3.63. The van der Waals surface area contributed by atoms with Crippen LogP contribution in [0, 0.1) is 0 Å². The highest BCUT2D eigenvalue weighted by Gasteiger charge is 2.45. The van der Waals surface area contributed by atoms with E-state index in [1.54, 1.807) is 0 Å². The van der Waals surface area contributed by atoms with E-state index >= 15 is 0 Å². The van der Waals surface area contributed by atoms with Gasteiger partial charge in [-0.25, -0.2) is 4.79 Å². The van der Waals surface area contributed by atoms with Gasteiger partial charge in [0.2, 0.25) is 5.85 Å². The van der Waals surface area contributed by atoms with Crippen LogP contribution in [-0.4, -0.2) is 23.3 Å². The van der Waals surface area contributed by atoms with E-state index in [1.165, 1.54) is 0 Å². The van der Waals surface area contributed by atoms with Crippen molar-refractivity contribution in [1.82, 2.24) is 0 Å². The van der Waals surface area contributed by atoms with Gasteiger partial charge in [-0.05, 0) is 0 Å². The monoisotopic (exact) mass is 178 g/mol. The van der Waals surface area contributed by atoms with Gasteiger partial charge in [0.05, 0.1) is 0 Å². The Bertz CT molecular complexity index is 235. The first-order valence-corrected chi connectivity index (χ1v) is 4.51. The van der Waals surface area contributed by atoms with Crippen molar-refractivity contribution in [3.05, 3.63) is 12.7 Å². The molecule has 1 heterocycles. The molecule has 1 aliphatic heterocycles. The Morgan fingerprint density at radius 2 is 2.55 bits per heavy atom. The molecule has 0 aromatic carbocycles. The Hall–Kier alpha value is -0.640. The summed E-state index contributed by atoms with van der Waals surface area (Å²) in [6.45, 7) is 3.11. The van der Waals surface area contributed by atoms with Gasteiger partial charge in [0.15, 0.2) is 0 Å². The second-order valence-corrected chi connectivity index (χ2v) is 3.92. The zero-order valence-electron chi connectivity index (χ0n) is 5.60. The SMILES string of the molecule is C=CC(=O)OC1COP1(=O)O. The Morgan fingerprint density at radius 1 is 1.91 bits per heavy atom. The van der Waals surface area contributed by atoms with Crippen molar-refractivity contribution in [2.45, 2.75) is 5.85 Å². The fourth-order valence-electron chi connectivity index (χ4n) is 0.546. The van der Waals surface area contributed by atoms with Crippen LogP contribution in [0.5, 0.6) is 0 Å². The van der Waals surface area contributed by atoms with Crippen molar-refractivity contribution >= 4 is 13.6 Å². The standard InChI is InChI=1S/C5H7O5P/c1-2-4(6)10-5-3-9-11(5,7)8/h2,5H,1,3H2,(H,7,8). The largest absolute Gasteiger partial charge is 0.444 e. The molecule has 0 radical (unpaired) electrons. The summed E-state index contributed by atoms with van der Waals surface area (Å²) in [6, 6.07) is 0. The highest BCUT2D eigenvalue weighted by Crippen LogP contribution is 2.56.